The summed E-state index contributed by atoms with van der Waals surface area (Å²) in [6, 6.07) is 0. The molecule has 0 radical (unpaired) electrons. The molecular weight excluding hydrogens is 110 g/mol. The van der Waals surface area contributed by atoms with E-state index in [0.29, 0.717) is 0 Å². The number of ether oxygens (including phenoxy) is 1. The smallest absolute Gasteiger partial charge is 0.164 e. The second-order valence-electron chi connectivity index (χ2n) is 1.18. The molecule has 3 heteroatoms. The average Bonchev–Trinajstić information content (AvgIpc) is 2.14. The van der Waals surface area contributed by atoms with Gasteiger partial charge in [-0.2, -0.15) is 0 Å². The van der Waals surface area contributed by atoms with Crippen LogP contribution in [0.15, 0.2) is 11.2 Å². The maximum absolute atomic E-state index is 4.87. The van der Waals surface area contributed by atoms with E-state index in [1.54, 1.807) is 7.11 Å². The molecular formula is C4H7NOS. The second-order valence-corrected chi connectivity index (χ2v) is 2.07. The highest BCUT2D eigenvalue weighted by Crippen LogP contribution is 2.15. The lowest BCUT2D eigenvalue weighted by molar-refractivity contribution is 0.325. The summed E-state index contributed by atoms with van der Waals surface area (Å²) in [5, 5.41) is 0.972. The highest BCUT2D eigenvalue weighted by molar-refractivity contribution is 8.01. The molecule has 0 aromatic heterocycles. The van der Waals surface area contributed by atoms with Crippen LogP contribution in [0.2, 0.25) is 0 Å². The first kappa shape index (κ1) is 5.00. The fourth-order valence-corrected chi connectivity index (χ4v) is 0.963. The lowest BCUT2D eigenvalue weighted by Gasteiger charge is -1.93. The van der Waals surface area contributed by atoms with E-state index in [4.69, 9.17) is 4.74 Å². The van der Waals surface area contributed by atoms with Crippen LogP contribution < -0.4 is 4.72 Å². The number of rotatable bonds is 1. The van der Waals surface area contributed by atoms with Crippen molar-refractivity contribution in [2.75, 3.05) is 13.7 Å². The number of hydrogen-bond donors (Lipinski definition) is 1. The molecule has 7 heavy (non-hydrogen) atoms. The maximum Gasteiger partial charge on any atom is 0.164 e. The van der Waals surface area contributed by atoms with E-state index in [1.165, 1.54) is 11.9 Å². The van der Waals surface area contributed by atoms with E-state index in [2.05, 4.69) is 4.72 Å². The fourth-order valence-electron chi connectivity index (χ4n) is 0.404. The highest BCUT2D eigenvalue weighted by Gasteiger charge is 2.00. The van der Waals surface area contributed by atoms with Gasteiger partial charge in [0.05, 0.1) is 7.11 Å². The van der Waals surface area contributed by atoms with Gasteiger partial charge in [-0.05, 0) is 18.0 Å². The van der Waals surface area contributed by atoms with Crippen molar-refractivity contribution in [2.45, 2.75) is 0 Å². The van der Waals surface area contributed by atoms with E-state index < -0.39 is 0 Å². The summed E-state index contributed by atoms with van der Waals surface area (Å²) in [6.07, 6.45) is 2.00. The predicted molar refractivity (Wildman–Crippen MR) is 30.7 cm³/mol. The van der Waals surface area contributed by atoms with Crippen LogP contribution in [0.5, 0.6) is 0 Å². The zero-order valence-corrected chi connectivity index (χ0v) is 4.92. The minimum absolute atomic E-state index is 0.924. The zero-order valence-electron chi connectivity index (χ0n) is 4.10. The van der Waals surface area contributed by atoms with Gasteiger partial charge in [-0.1, -0.05) is 0 Å². The molecule has 1 heterocycles. The van der Waals surface area contributed by atoms with E-state index in [9.17, 15) is 0 Å². The molecule has 0 fully saturated rings. The second kappa shape index (κ2) is 2.23. The molecule has 0 aromatic carbocycles. The molecule has 1 rings (SSSR count). The summed E-state index contributed by atoms with van der Waals surface area (Å²) < 4.78 is 7.90. The van der Waals surface area contributed by atoms with Crippen LogP contribution in [0.4, 0.5) is 0 Å². The summed E-state index contributed by atoms with van der Waals surface area (Å²) in [6.45, 7) is 0.924. The molecule has 1 aliphatic rings. The molecule has 1 N–H and O–H groups in total. The van der Waals surface area contributed by atoms with Crippen molar-refractivity contribution in [2.24, 2.45) is 0 Å². The molecule has 1 aliphatic heterocycles. The number of hydrogen-bond acceptors (Lipinski definition) is 3. The zero-order chi connectivity index (χ0) is 5.11. The third-order valence-corrected chi connectivity index (χ3v) is 1.57. The molecule has 2 nitrogen and oxygen atoms in total. The Balaban J connectivity index is 2.36. The van der Waals surface area contributed by atoms with Crippen molar-refractivity contribution in [3.05, 3.63) is 11.2 Å². The molecule has 0 atom stereocenters. The summed E-state index contributed by atoms with van der Waals surface area (Å²) in [4.78, 5) is 0. The normalized spacial score (nSPS) is 19.3. The minimum atomic E-state index is 0.924. The molecule has 0 aromatic rings. The van der Waals surface area contributed by atoms with E-state index in [-0.39, 0.29) is 0 Å². The van der Waals surface area contributed by atoms with Gasteiger partial charge in [0.2, 0.25) is 0 Å². The topological polar surface area (TPSA) is 21.3 Å². The van der Waals surface area contributed by atoms with E-state index in [0.717, 1.165) is 11.6 Å². The van der Waals surface area contributed by atoms with Gasteiger partial charge in [-0.25, -0.2) is 0 Å². The van der Waals surface area contributed by atoms with Gasteiger partial charge in [-0.15, -0.1) is 0 Å². The third kappa shape index (κ3) is 1.11. The summed E-state index contributed by atoms with van der Waals surface area (Å²) >= 11 is 1.53. The highest BCUT2D eigenvalue weighted by atomic mass is 32.2. The Hall–Kier alpha value is -0.150. The lowest BCUT2D eigenvalue weighted by Crippen LogP contribution is -1.93. The van der Waals surface area contributed by atoms with Crippen molar-refractivity contribution in [3.8, 4) is 0 Å². The van der Waals surface area contributed by atoms with E-state index in [1.807, 2.05) is 6.08 Å². The van der Waals surface area contributed by atoms with Crippen molar-refractivity contribution >= 4 is 11.9 Å². The molecule has 0 spiro atoms. The molecule has 0 bridgehead atoms. The Morgan fingerprint density at radius 2 is 2.86 bits per heavy atom. The van der Waals surface area contributed by atoms with Gasteiger partial charge in [0.15, 0.2) is 5.09 Å². The third-order valence-electron chi connectivity index (χ3n) is 0.726. The molecule has 0 saturated carbocycles. The van der Waals surface area contributed by atoms with Gasteiger partial charge in [0.1, 0.15) is 0 Å². The minimum Gasteiger partial charge on any atom is -0.490 e. The molecule has 0 amide bonds. The van der Waals surface area contributed by atoms with Crippen LogP contribution in [0.3, 0.4) is 0 Å². The summed E-state index contributed by atoms with van der Waals surface area (Å²) in [5.74, 6) is 0. The van der Waals surface area contributed by atoms with Gasteiger partial charge >= 0.3 is 0 Å². The van der Waals surface area contributed by atoms with Crippen molar-refractivity contribution in [1.82, 2.24) is 4.72 Å². The van der Waals surface area contributed by atoms with Crippen molar-refractivity contribution in [1.29, 1.82) is 0 Å². The van der Waals surface area contributed by atoms with Crippen LogP contribution in [-0.4, -0.2) is 13.7 Å². The van der Waals surface area contributed by atoms with Crippen LogP contribution >= 0.6 is 11.9 Å². The molecule has 0 aliphatic carbocycles. The van der Waals surface area contributed by atoms with Gasteiger partial charge in [0, 0.05) is 6.54 Å². The first-order valence-electron chi connectivity index (χ1n) is 2.07. The Morgan fingerprint density at radius 3 is 3.14 bits per heavy atom. The first-order valence-corrected chi connectivity index (χ1v) is 2.89. The molecule has 40 valence electrons. The fraction of sp³-hybridized carbons (Fsp3) is 0.500. The monoisotopic (exact) mass is 117 g/mol. The van der Waals surface area contributed by atoms with Gasteiger partial charge < -0.3 is 4.74 Å². The van der Waals surface area contributed by atoms with Crippen LogP contribution in [-0.2, 0) is 4.74 Å². The SMILES string of the molecule is COC1=CCNS1. The predicted octanol–water partition coefficient (Wildman–Crippen LogP) is 0.726. The number of methoxy groups -OCH3 is 1. The van der Waals surface area contributed by atoms with Crippen LogP contribution in [0.1, 0.15) is 0 Å². The Bertz CT molecular complexity index is 91.7. The van der Waals surface area contributed by atoms with Gasteiger partial charge in [-0.3, -0.25) is 4.72 Å². The summed E-state index contributed by atoms with van der Waals surface area (Å²) in [5.41, 5.74) is 0. The maximum atomic E-state index is 4.87. The first-order chi connectivity index (χ1) is 3.43. The van der Waals surface area contributed by atoms with Crippen LogP contribution in [0, 0.1) is 0 Å². The van der Waals surface area contributed by atoms with Crippen molar-refractivity contribution in [3.63, 3.8) is 0 Å². The van der Waals surface area contributed by atoms with E-state index >= 15 is 0 Å². The van der Waals surface area contributed by atoms with Crippen LogP contribution in [0.25, 0.3) is 0 Å². The van der Waals surface area contributed by atoms with Crippen molar-refractivity contribution < 1.29 is 4.74 Å². The Labute approximate surface area is 47.1 Å². The number of nitrogens with one attached hydrogen (secondary N) is 1. The Kier molecular flexibility index (Phi) is 1.59. The summed E-state index contributed by atoms with van der Waals surface area (Å²) in [7, 11) is 1.67. The molecule has 0 unspecified atom stereocenters. The quantitative estimate of drug-likeness (QED) is 0.511. The average molecular weight is 117 g/mol. The van der Waals surface area contributed by atoms with Gasteiger partial charge in [0.25, 0.3) is 0 Å². The largest absolute Gasteiger partial charge is 0.490 e. The standard InChI is InChI=1S/C4H7NOS/c1-6-4-2-3-5-7-4/h2,5H,3H2,1H3. The Morgan fingerprint density at radius 1 is 2.00 bits per heavy atom. The lowest BCUT2D eigenvalue weighted by atomic mass is 10.6. The molecule has 0 saturated heterocycles.